The van der Waals surface area contributed by atoms with E-state index in [2.05, 4.69) is 31.8 Å². The molecule has 0 spiro atoms. The SMILES string of the molecule is CC(C)(C)c1cc[c]c2ncoc12. The number of hydrogen-bond donors (Lipinski definition) is 0. The molecule has 0 fully saturated rings. The van der Waals surface area contributed by atoms with Crippen molar-refractivity contribution in [1.82, 2.24) is 4.98 Å². The van der Waals surface area contributed by atoms with Gasteiger partial charge in [-0.15, -0.1) is 0 Å². The van der Waals surface area contributed by atoms with Crippen molar-refractivity contribution in [2.45, 2.75) is 26.2 Å². The highest BCUT2D eigenvalue weighted by molar-refractivity contribution is 5.76. The molecule has 2 aromatic rings. The summed E-state index contributed by atoms with van der Waals surface area (Å²) in [6.45, 7) is 6.47. The molecule has 0 N–H and O–H groups in total. The molecule has 0 saturated heterocycles. The Balaban J connectivity index is 2.75. The quantitative estimate of drug-likeness (QED) is 0.613. The van der Waals surface area contributed by atoms with Crippen LogP contribution in [0, 0.1) is 6.07 Å². The molecule has 0 aliphatic rings. The predicted molar refractivity (Wildman–Crippen MR) is 51.5 cm³/mol. The minimum absolute atomic E-state index is 0.0902. The van der Waals surface area contributed by atoms with Gasteiger partial charge >= 0.3 is 0 Å². The zero-order chi connectivity index (χ0) is 9.47. The monoisotopic (exact) mass is 174 g/mol. The smallest absolute Gasteiger partial charge is 0.182 e. The summed E-state index contributed by atoms with van der Waals surface area (Å²) in [6, 6.07) is 6.97. The third-order valence-corrected chi connectivity index (χ3v) is 2.09. The van der Waals surface area contributed by atoms with E-state index in [1.165, 1.54) is 12.0 Å². The summed E-state index contributed by atoms with van der Waals surface area (Å²) in [6.07, 6.45) is 1.47. The van der Waals surface area contributed by atoms with Gasteiger partial charge in [0.25, 0.3) is 0 Å². The van der Waals surface area contributed by atoms with E-state index in [0.29, 0.717) is 0 Å². The second kappa shape index (κ2) is 2.59. The van der Waals surface area contributed by atoms with Gasteiger partial charge in [0.1, 0.15) is 5.52 Å². The van der Waals surface area contributed by atoms with Gasteiger partial charge in [0.15, 0.2) is 12.0 Å². The van der Waals surface area contributed by atoms with Crippen LogP contribution in [0.3, 0.4) is 0 Å². The van der Waals surface area contributed by atoms with Crippen LogP contribution < -0.4 is 0 Å². The Labute approximate surface area is 77.6 Å². The first kappa shape index (κ1) is 8.30. The van der Waals surface area contributed by atoms with E-state index in [9.17, 15) is 0 Å². The third-order valence-electron chi connectivity index (χ3n) is 2.09. The summed E-state index contributed by atoms with van der Waals surface area (Å²) in [7, 11) is 0. The van der Waals surface area contributed by atoms with Gasteiger partial charge in [-0.3, -0.25) is 0 Å². The maximum absolute atomic E-state index is 5.33. The lowest BCUT2D eigenvalue weighted by molar-refractivity contribution is 0.554. The number of benzene rings is 1. The Morgan fingerprint density at radius 1 is 1.38 bits per heavy atom. The summed E-state index contributed by atoms with van der Waals surface area (Å²) < 4.78 is 5.33. The van der Waals surface area contributed by atoms with E-state index >= 15 is 0 Å². The molecular formula is C11H12NO. The van der Waals surface area contributed by atoms with Crippen molar-refractivity contribution in [3.63, 3.8) is 0 Å². The van der Waals surface area contributed by atoms with Crippen molar-refractivity contribution in [3.05, 3.63) is 30.2 Å². The molecule has 2 heteroatoms. The minimum atomic E-state index is 0.0902. The Kier molecular flexibility index (Phi) is 1.65. The van der Waals surface area contributed by atoms with Crippen LogP contribution in [0.5, 0.6) is 0 Å². The van der Waals surface area contributed by atoms with Crippen LogP contribution in [-0.4, -0.2) is 4.98 Å². The molecule has 0 bridgehead atoms. The van der Waals surface area contributed by atoms with Crippen LogP contribution in [0.25, 0.3) is 11.1 Å². The van der Waals surface area contributed by atoms with E-state index in [0.717, 1.165) is 11.1 Å². The molecule has 1 radical (unpaired) electrons. The average Bonchev–Trinajstić information content (AvgIpc) is 2.48. The summed E-state index contributed by atoms with van der Waals surface area (Å²) in [5.74, 6) is 0. The van der Waals surface area contributed by atoms with Crippen LogP contribution in [0.1, 0.15) is 26.3 Å². The lowest BCUT2D eigenvalue weighted by atomic mass is 9.86. The topological polar surface area (TPSA) is 26.0 Å². The Morgan fingerprint density at radius 2 is 2.15 bits per heavy atom. The predicted octanol–water partition coefficient (Wildman–Crippen LogP) is 2.93. The zero-order valence-corrected chi connectivity index (χ0v) is 8.09. The van der Waals surface area contributed by atoms with Gasteiger partial charge in [0, 0.05) is 11.6 Å². The number of rotatable bonds is 0. The van der Waals surface area contributed by atoms with Crippen LogP contribution in [0.15, 0.2) is 22.9 Å². The standard InChI is InChI=1S/C11H12NO/c1-11(2,3)8-5-4-6-9-10(8)13-7-12-9/h4-5,7H,1-3H3. The van der Waals surface area contributed by atoms with Crippen molar-refractivity contribution in [2.75, 3.05) is 0 Å². The fourth-order valence-corrected chi connectivity index (χ4v) is 1.41. The molecule has 1 aromatic heterocycles. The van der Waals surface area contributed by atoms with E-state index in [1.807, 2.05) is 12.1 Å². The second-order valence-electron chi connectivity index (χ2n) is 4.17. The van der Waals surface area contributed by atoms with Gasteiger partial charge in [-0.25, -0.2) is 4.98 Å². The highest BCUT2D eigenvalue weighted by atomic mass is 16.3. The Bertz CT molecular complexity index is 423. The largest absolute Gasteiger partial charge is 0.443 e. The van der Waals surface area contributed by atoms with Crippen molar-refractivity contribution in [2.24, 2.45) is 0 Å². The number of aromatic nitrogens is 1. The minimum Gasteiger partial charge on any atom is -0.443 e. The van der Waals surface area contributed by atoms with Crippen LogP contribution in [-0.2, 0) is 5.41 Å². The van der Waals surface area contributed by atoms with Crippen molar-refractivity contribution >= 4 is 11.1 Å². The Morgan fingerprint density at radius 3 is 2.85 bits per heavy atom. The third kappa shape index (κ3) is 1.32. The molecule has 13 heavy (non-hydrogen) atoms. The number of hydrogen-bond acceptors (Lipinski definition) is 2. The molecule has 67 valence electrons. The molecule has 1 heterocycles. The summed E-state index contributed by atoms with van der Waals surface area (Å²) in [5, 5.41) is 0. The fraction of sp³-hybridized carbons (Fsp3) is 0.364. The molecule has 0 saturated carbocycles. The van der Waals surface area contributed by atoms with Crippen LogP contribution >= 0.6 is 0 Å². The number of nitrogens with zero attached hydrogens (tertiary/aromatic N) is 1. The zero-order valence-electron chi connectivity index (χ0n) is 8.09. The fourth-order valence-electron chi connectivity index (χ4n) is 1.41. The van der Waals surface area contributed by atoms with Crippen molar-refractivity contribution in [3.8, 4) is 0 Å². The first-order valence-corrected chi connectivity index (χ1v) is 4.33. The van der Waals surface area contributed by atoms with Gasteiger partial charge in [-0.05, 0) is 5.41 Å². The van der Waals surface area contributed by atoms with Gasteiger partial charge in [0.2, 0.25) is 0 Å². The molecule has 0 aliphatic carbocycles. The maximum Gasteiger partial charge on any atom is 0.182 e. The number of oxazole rings is 1. The molecule has 0 amide bonds. The lowest BCUT2D eigenvalue weighted by Crippen LogP contribution is -2.11. The van der Waals surface area contributed by atoms with Gasteiger partial charge in [0.05, 0.1) is 0 Å². The molecule has 0 atom stereocenters. The van der Waals surface area contributed by atoms with Crippen LogP contribution in [0.2, 0.25) is 0 Å². The first-order valence-electron chi connectivity index (χ1n) is 4.33. The maximum atomic E-state index is 5.33. The normalized spacial score (nSPS) is 12.2. The summed E-state index contributed by atoms with van der Waals surface area (Å²) in [4.78, 5) is 4.07. The molecule has 1 aromatic carbocycles. The molecular weight excluding hydrogens is 162 g/mol. The molecule has 2 rings (SSSR count). The average molecular weight is 174 g/mol. The van der Waals surface area contributed by atoms with Gasteiger partial charge in [-0.2, -0.15) is 0 Å². The van der Waals surface area contributed by atoms with E-state index < -0.39 is 0 Å². The highest BCUT2D eigenvalue weighted by Crippen LogP contribution is 2.28. The molecule has 0 unspecified atom stereocenters. The van der Waals surface area contributed by atoms with Gasteiger partial charge in [-0.1, -0.05) is 32.9 Å². The van der Waals surface area contributed by atoms with Gasteiger partial charge < -0.3 is 4.42 Å². The van der Waals surface area contributed by atoms with Crippen molar-refractivity contribution in [1.29, 1.82) is 0 Å². The van der Waals surface area contributed by atoms with E-state index in [-0.39, 0.29) is 5.41 Å². The van der Waals surface area contributed by atoms with Crippen molar-refractivity contribution < 1.29 is 4.42 Å². The highest BCUT2D eigenvalue weighted by Gasteiger charge is 2.18. The van der Waals surface area contributed by atoms with Crippen LogP contribution in [0.4, 0.5) is 0 Å². The Hall–Kier alpha value is -1.31. The molecule has 2 nitrogen and oxygen atoms in total. The van der Waals surface area contributed by atoms with E-state index in [4.69, 9.17) is 4.42 Å². The lowest BCUT2D eigenvalue weighted by Gasteiger charge is -2.18. The summed E-state index contributed by atoms with van der Waals surface area (Å²) >= 11 is 0. The molecule has 0 aliphatic heterocycles. The van der Waals surface area contributed by atoms with E-state index in [1.54, 1.807) is 0 Å². The summed E-state index contributed by atoms with van der Waals surface area (Å²) in [5.41, 5.74) is 2.94. The second-order valence-corrected chi connectivity index (χ2v) is 4.17. The first-order chi connectivity index (χ1) is 6.09. The number of fused-ring (bicyclic) bond motifs is 1.